The first-order valence-corrected chi connectivity index (χ1v) is 15.2. The van der Waals surface area contributed by atoms with E-state index in [9.17, 15) is 30.8 Å². The fourth-order valence-corrected chi connectivity index (χ4v) is 8.21. The molecule has 0 spiro atoms. The van der Waals surface area contributed by atoms with Gasteiger partial charge in [0, 0.05) is 23.7 Å². The molecule has 0 radical (unpaired) electrons. The molecule has 7 nitrogen and oxygen atoms in total. The second-order valence-electron chi connectivity index (χ2n) is 10.2. The lowest BCUT2D eigenvalue weighted by atomic mass is 9.81. The number of thiazole rings is 1. The van der Waals surface area contributed by atoms with E-state index in [1.807, 2.05) is 0 Å². The maximum atomic E-state index is 14.6. The van der Waals surface area contributed by atoms with Crippen molar-refractivity contribution in [3.05, 3.63) is 32.8 Å². The van der Waals surface area contributed by atoms with Crippen LogP contribution in [0.5, 0.6) is 0 Å². The molecule has 1 saturated carbocycles. The normalized spacial score (nSPS) is 25.2. The van der Waals surface area contributed by atoms with Crippen LogP contribution in [0.4, 0.5) is 17.6 Å². The van der Waals surface area contributed by atoms with Crippen molar-refractivity contribution in [2.45, 2.75) is 61.1 Å². The summed E-state index contributed by atoms with van der Waals surface area (Å²) < 4.78 is 80.3. The summed E-state index contributed by atoms with van der Waals surface area (Å²) in [5, 5.41) is -0.279. The van der Waals surface area contributed by atoms with Gasteiger partial charge in [-0.2, -0.15) is 13.2 Å². The topological polar surface area (TPSA) is 91.4 Å². The molecule has 0 aromatic carbocycles. The molecule has 1 saturated heterocycles. The van der Waals surface area contributed by atoms with E-state index in [2.05, 4.69) is 10.3 Å². The monoisotopic (exact) mass is 618 g/mol. The van der Waals surface area contributed by atoms with Crippen molar-refractivity contribution in [2.75, 3.05) is 26.7 Å². The van der Waals surface area contributed by atoms with Gasteiger partial charge in [0.15, 0.2) is 10.7 Å². The average Bonchev–Trinajstić information content (AvgIpc) is 3.18. The Kier molecular flexibility index (Phi) is 8.58. The third kappa shape index (κ3) is 6.38. The van der Waals surface area contributed by atoms with Gasteiger partial charge in [-0.1, -0.05) is 43.0 Å². The summed E-state index contributed by atoms with van der Waals surface area (Å²) >= 11 is 13.9. The molecular formula is C23H28Cl2F4N4O3S2. The maximum absolute atomic E-state index is 14.6. The van der Waals surface area contributed by atoms with Crippen molar-refractivity contribution in [1.29, 1.82) is 0 Å². The first-order chi connectivity index (χ1) is 17.6. The molecule has 1 aliphatic heterocycles. The smallest absolute Gasteiger partial charge is 0.347 e. The van der Waals surface area contributed by atoms with Gasteiger partial charge >= 0.3 is 6.18 Å². The number of nitrogens with one attached hydrogen (secondary N) is 2. The summed E-state index contributed by atoms with van der Waals surface area (Å²) in [6, 6.07) is -2.31. The number of alkyl halides is 5. The third-order valence-electron chi connectivity index (χ3n) is 6.95. The van der Waals surface area contributed by atoms with E-state index >= 15 is 0 Å². The third-order valence-corrected chi connectivity index (χ3v) is 11.1. The fraction of sp³-hybridized carbons (Fsp3) is 0.652. The largest absolute Gasteiger partial charge is 0.404 e. The molecule has 2 heterocycles. The summed E-state index contributed by atoms with van der Waals surface area (Å²) in [7, 11) is -2.75. The Labute approximate surface area is 232 Å². The number of amides is 1. The van der Waals surface area contributed by atoms with Crippen LogP contribution in [0, 0.1) is 5.92 Å². The minimum atomic E-state index is -4.77. The Hall–Kier alpha value is -1.25. The van der Waals surface area contributed by atoms with Gasteiger partial charge < -0.3 is 5.32 Å². The molecule has 2 unspecified atom stereocenters. The van der Waals surface area contributed by atoms with Gasteiger partial charge in [0.1, 0.15) is 11.3 Å². The van der Waals surface area contributed by atoms with E-state index in [1.165, 1.54) is 12.2 Å². The molecule has 15 heteroatoms. The lowest BCUT2D eigenvalue weighted by Gasteiger charge is -2.42. The molecule has 3 atom stereocenters. The zero-order valence-corrected chi connectivity index (χ0v) is 23.8. The van der Waals surface area contributed by atoms with Crippen molar-refractivity contribution in [3.63, 3.8) is 0 Å². The number of allylic oxidation sites excluding steroid dienone is 3. The molecule has 1 aromatic heterocycles. The molecular weight excluding hydrogens is 591 g/mol. The van der Waals surface area contributed by atoms with Crippen LogP contribution in [0.3, 0.4) is 0 Å². The van der Waals surface area contributed by atoms with Gasteiger partial charge in [-0.05, 0) is 26.3 Å². The van der Waals surface area contributed by atoms with Gasteiger partial charge in [-0.3, -0.25) is 9.69 Å². The summed E-state index contributed by atoms with van der Waals surface area (Å²) in [4.78, 5) is 19.7. The highest BCUT2D eigenvalue weighted by atomic mass is 35.5. The van der Waals surface area contributed by atoms with Crippen molar-refractivity contribution >= 4 is 56.0 Å². The quantitative estimate of drug-likeness (QED) is 0.319. The van der Waals surface area contributed by atoms with Crippen LogP contribution in [0.2, 0.25) is 0 Å². The summed E-state index contributed by atoms with van der Waals surface area (Å²) in [6.45, 7) is 0.975. The molecule has 38 heavy (non-hydrogen) atoms. The minimum absolute atomic E-state index is 0.0742. The molecule has 2 fully saturated rings. The van der Waals surface area contributed by atoms with E-state index in [0.717, 1.165) is 30.6 Å². The Morgan fingerprint density at radius 3 is 2.55 bits per heavy atom. The standard InChI is InChI=1S/C23H28Cl2F4N4O3S2/c1-12(23(27,28)29)32-38(35,36)16-7-6-14(17(24)18(16)25)19-15(8-13-4-3-5-13)31-21(37-19)20(34)30-9-22(26)10-33(2)11-22/h6-7,12-13,16,18,32H,3-5,8-11H2,1-2H3,(H,30,34)/t12-,16?,18?/m0/s1. The van der Waals surface area contributed by atoms with E-state index in [4.69, 9.17) is 23.2 Å². The van der Waals surface area contributed by atoms with Crippen molar-refractivity contribution in [2.24, 2.45) is 5.92 Å². The van der Waals surface area contributed by atoms with Crippen LogP contribution in [0.25, 0.3) is 5.57 Å². The van der Waals surface area contributed by atoms with Crippen LogP contribution in [0.1, 0.15) is 46.6 Å². The van der Waals surface area contributed by atoms with Gasteiger partial charge in [-0.15, -0.1) is 22.9 Å². The van der Waals surface area contributed by atoms with Crippen LogP contribution in [-0.2, 0) is 16.4 Å². The predicted octanol–water partition coefficient (Wildman–Crippen LogP) is 4.24. The van der Waals surface area contributed by atoms with E-state index < -0.39 is 44.4 Å². The number of hydrogen-bond donors (Lipinski definition) is 2. The number of nitrogens with zero attached hydrogens (tertiary/aromatic N) is 2. The Balaban J connectivity index is 1.57. The number of likely N-dealkylation sites (tertiary alicyclic amines) is 1. The van der Waals surface area contributed by atoms with E-state index in [1.54, 1.807) is 16.7 Å². The molecule has 2 N–H and O–H groups in total. The highest BCUT2D eigenvalue weighted by Gasteiger charge is 2.44. The Bertz CT molecular complexity index is 1240. The molecule has 3 aliphatic rings. The fourth-order valence-electron chi connectivity index (χ4n) is 4.61. The maximum Gasteiger partial charge on any atom is 0.404 e. The highest BCUT2D eigenvalue weighted by molar-refractivity contribution is 7.90. The van der Waals surface area contributed by atoms with Crippen molar-refractivity contribution in [3.8, 4) is 0 Å². The van der Waals surface area contributed by atoms with E-state index in [0.29, 0.717) is 35.4 Å². The molecule has 4 rings (SSSR count). The number of aromatic nitrogens is 1. The summed E-state index contributed by atoms with van der Waals surface area (Å²) in [5.41, 5.74) is -0.549. The average molecular weight is 620 g/mol. The summed E-state index contributed by atoms with van der Waals surface area (Å²) in [5.74, 6) is -0.168. The van der Waals surface area contributed by atoms with Crippen LogP contribution >= 0.6 is 34.5 Å². The van der Waals surface area contributed by atoms with Gasteiger partial charge in [0.2, 0.25) is 10.0 Å². The molecule has 1 amide bonds. The zero-order chi connectivity index (χ0) is 28.0. The van der Waals surface area contributed by atoms with Gasteiger partial charge in [0.25, 0.3) is 5.91 Å². The molecule has 1 aromatic rings. The second-order valence-corrected chi connectivity index (χ2v) is 14.0. The van der Waals surface area contributed by atoms with E-state index in [-0.39, 0.29) is 29.7 Å². The van der Waals surface area contributed by atoms with Gasteiger partial charge in [0.05, 0.1) is 22.5 Å². The van der Waals surface area contributed by atoms with Crippen molar-refractivity contribution in [1.82, 2.24) is 19.9 Å². The number of rotatable bonds is 9. The minimum Gasteiger partial charge on any atom is -0.347 e. The molecule has 2 aliphatic carbocycles. The summed E-state index contributed by atoms with van der Waals surface area (Å²) in [6.07, 6.45) is 1.46. The lowest BCUT2D eigenvalue weighted by molar-refractivity contribution is -0.147. The first-order valence-electron chi connectivity index (χ1n) is 12.1. The Morgan fingerprint density at radius 1 is 1.34 bits per heavy atom. The number of halogens is 6. The second kappa shape index (κ2) is 11.0. The Morgan fingerprint density at radius 2 is 2.00 bits per heavy atom. The van der Waals surface area contributed by atoms with Crippen LogP contribution in [0.15, 0.2) is 17.2 Å². The molecule has 212 valence electrons. The number of hydrogen-bond acceptors (Lipinski definition) is 6. The van der Waals surface area contributed by atoms with Crippen molar-refractivity contribution < 1.29 is 30.8 Å². The molecule has 0 bridgehead atoms. The number of sulfonamides is 1. The van der Waals surface area contributed by atoms with Gasteiger partial charge in [-0.25, -0.2) is 22.5 Å². The SMILES string of the molecule is C[C@H](NS(=O)(=O)C1C=CC(c2sc(C(=O)NCC3(F)CN(C)C3)nc2CC2CCC2)=C(Cl)C1Cl)C(F)(F)F. The lowest BCUT2D eigenvalue weighted by Crippen LogP contribution is -2.62. The number of carbonyl (C=O) groups is 1. The number of carbonyl (C=O) groups excluding carboxylic acids is 1. The van der Waals surface area contributed by atoms with Crippen LogP contribution in [-0.4, -0.2) is 79.4 Å². The zero-order valence-electron chi connectivity index (χ0n) is 20.6. The highest BCUT2D eigenvalue weighted by Crippen LogP contribution is 2.41. The predicted molar refractivity (Wildman–Crippen MR) is 140 cm³/mol. The van der Waals surface area contributed by atoms with Crippen LogP contribution < -0.4 is 10.0 Å². The first kappa shape index (κ1) is 29.7.